The average molecular weight is 265 g/mol. The first-order valence-corrected chi connectivity index (χ1v) is 4.68. The van der Waals surface area contributed by atoms with E-state index in [9.17, 15) is 18.0 Å². The van der Waals surface area contributed by atoms with Crippen LogP contribution in [0.1, 0.15) is 10.4 Å². The highest BCUT2D eigenvalue weighted by Gasteiger charge is 2.30. The monoisotopic (exact) mass is 265 g/mol. The fraction of sp³-hybridized carbons (Fsp3) is 0.444. The Morgan fingerprint density at radius 3 is 2.72 bits per heavy atom. The smallest absolute Gasteiger partial charge is 0.422 e. The Morgan fingerprint density at radius 1 is 1.50 bits per heavy atom. The van der Waals surface area contributed by atoms with E-state index in [1.54, 1.807) is 0 Å². The molecular weight excluding hydrogens is 255 g/mol. The number of hydrogen-bond acceptors (Lipinski definition) is 5. The highest BCUT2D eigenvalue weighted by atomic mass is 19.4. The van der Waals surface area contributed by atoms with Gasteiger partial charge in [0.25, 0.3) is 5.91 Å². The number of hydroxylamine groups is 2. The normalized spacial score (nSPS) is 11.2. The maximum absolute atomic E-state index is 12.0. The molecule has 0 aliphatic heterocycles. The Kier molecular flexibility index (Phi) is 4.43. The summed E-state index contributed by atoms with van der Waals surface area (Å²) in [5.74, 6) is -1.19. The van der Waals surface area contributed by atoms with Crippen LogP contribution in [0.2, 0.25) is 0 Å². The molecule has 1 aromatic heterocycles. The van der Waals surface area contributed by atoms with Crippen molar-refractivity contribution < 1.29 is 27.5 Å². The van der Waals surface area contributed by atoms with E-state index in [0.29, 0.717) is 0 Å². The molecule has 1 heterocycles. The molecule has 1 aromatic rings. The van der Waals surface area contributed by atoms with Gasteiger partial charge in [0.05, 0.1) is 13.3 Å². The molecule has 100 valence electrons. The van der Waals surface area contributed by atoms with E-state index in [1.165, 1.54) is 20.2 Å². The molecule has 0 unspecified atom stereocenters. The van der Waals surface area contributed by atoms with Crippen molar-refractivity contribution in [2.45, 2.75) is 6.18 Å². The van der Waals surface area contributed by atoms with Crippen LogP contribution < -0.4 is 4.74 Å². The van der Waals surface area contributed by atoms with Crippen LogP contribution in [-0.2, 0) is 4.84 Å². The highest BCUT2D eigenvalue weighted by Crippen LogP contribution is 2.20. The fourth-order valence-electron chi connectivity index (χ4n) is 0.991. The molecule has 6 nitrogen and oxygen atoms in total. The van der Waals surface area contributed by atoms with Gasteiger partial charge in [-0.3, -0.25) is 9.63 Å². The van der Waals surface area contributed by atoms with Crippen LogP contribution in [0.4, 0.5) is 13.2 Å². The van der Waals surface area contributed by atoms with E-state index in [-0.39, 0.29) is 5.56 Å². The van der Waals surface area contributed by atoms with E-state index >= 15 is 0 Å². The number of amides is 1. The number of aromatic nitrogens is 2. The number of rotatable bonds is 4. The summed E-state index contributed by atoms with van der Waals surface area (Å²) in [4.78, 5) is 16.3. The van der Waals surface area contributed by atoms with E-state index < -0.39 is 24.6 Å². The Labute approximate surface area is 100 Å². The Bertz CT molecular complexity index is 425. The molecule has 0 atom stereocenters. The minimum Gasteiger partial charge on any atom is -0.466 e. The van der Waals surface area contributed by atoms with Gasteiger partial charge >= 0.3 is 6.18 Å². The Hall–Kier alpha value is -1.90. The maximum atomic E-state index is 12.0. The van der Waals surface area contributed by atoms with E-state index in [1.807, 2.05) is 0 Å². The van der Waals surface area contributed by atoms with Gasteiger partial charge in [-0.05, 0) is 6.07 Å². The molecule has 0 N–H and O–H groups in total. The number of hydrogen-bond donors (Lipinski definition) is 0. The van der Waals surface area contributed by atoms with Gasteiger partial charge in [0.2, 0.25) is 5.88 Å². The zero-order valence-electron chi connectivity index (χ0n) is 9.56. The van der Waals surface area contributed by atoms with Crippen molar-refractivity contribution in [3.63, 3.8) is 0 Å². The Morgan fingerprint density at radius 2 is 2.17 bits per heavy atom. The van der Waals surface area contributed by atoms with Crippen LogP contribution in [0.15, 0.2) is 12.3 Å². The van der Waals surface area contributed by atoms with Crippen LogP contribution in [0.25, 0.3) is 0 Å². The maximum Gasteiger partial charge on any atom is 0.422 e. The van der Waals surface area contributed by atoms with Gasteiger partial charge in [0.1, 0.15) is 5.56 Å². The third kappa shape index (κ3) is 3.84. The average Bonchev–Trinajstić information content (AvgIpc) is 2.34. The summed E-state index contributed by atoms with van der Waals surface area (Å²) in [6, 6.07) is 1.19. The van der Waals surface area contributed by atoms with Crippen molar-refractivity contribution in [2.24, 2.45) is 0 Å². The molecule has 0 spiro atoms. The molecule has 0 saturated carbocycles. The van der Waals surface area contributed by atoms with E-state index in [2.05, 4.69) is 19.8 Å². The minimum atomic E-state index is -4.52. The van der Waals surface area contributed by atoms with Crippen molar-refractivity contribution in [3.8, 4) is 5.88 Å². The van der Waals surface area contributed by atoms with Crippen molar-refractivity contribution in [1.29, 1.82) is 0 Å². The molecule has 0 aliphatic rings. The summed E-state index contributed by atoms with van der Waals surface area (Å²) >= 11 is 0. The lowest BCUT2D eigenvalue weighted by atomic mass is 10.3. The lowest BCUT2D eigenvalue weighted by Gasteiger charge is -2.15. The molecule has 0 bridgehead atoms. The largest absolute Gasteiger partial charge is 0.466 e. The number of halogens is 3. The molecule has 18 heavy (non-hydrogen) atoms. The summed E-state index contributed by atoms with van der Waals surface area (Å²) in [5, 5.41) is 7.53. The molecule has 1 rings (SSSR count). The predicted octanol–water partition coefficient (Wildman–Crippen LogP) is 1.05. The summed E-state index contributed by atoms with van der Waals surface area (Å²) < 4.78 is 40.4. The van der Waals surface area contributed by atoms with Gasteiger partial charge in [-0.1, -0.05) is 0 Å². The van der Waals surface area contributed by atoms with Crippen molar-refractivity contribution in [1.82, 2.24) is 15.3 Å². The minimum absolute atomic E-state index is 0.168. The quantitative estimate of drug-likeness (QED) is 0.761. The number of carbonyl (C=O) groups excluding carboxylic acids is 1. The molecule has 0 radical (unpaired) electrons. The summed E-state index contributed by atoms with van der Waals surface area (Å²) in [6.45, 7) is -1.55. The van der Waals surface area contributed by atoms with Crippen molar-refractivity contribution >= 4 is 5.91 Å². The van der Waals surface area contributed by atoms with Gasteiger partial charge in [-0.15, -0.1) is 5.10 Å². The standard InChI is InChI=1S/C9H10F3N3O3/c1-15(17-2)8(16)6-3-4-13-14-7(6)18-5-9(10,11)12/h3-4H,5H2,1-2H3. The summed E-state index contributed by atoms with van der Waals surface area (Å²) in [7, 11) is 2.54. The second-order valence-electron chi connectivity index (χ2n) is 3.14. The molecule has 9 heteroatoms. The highest BCUT2D eigenvalue weighted by molar-refractivity contribution is 5.95. The third-order valence-corrected chi connectivity index (χ3v) is 1.85. The van der Waals surface area contributed by atoms with Crippen molar-refractivity contribution in [2.75, 3.05) is 20.8 Å². The molecule has 1 amide bonds. The second-order valence-corrected chi connectivity index (χ2v) is 3.14. The van der Waals surface area contributed by atoms with Gasteiger partial charge in [0, 0.05) is 7.05 Å². The molecular formula is C9H10F3N3O3. The number of ether oxygens (including phenoxy) is 1. The zero-order valence-corrected chi connectivity index (χ0v) is 9.56. The third-order valence-electron chi connectivity index (χ3n) is 1.85. The zero-order chi connectivity index (χ0) is 13.8. The van der Waals surface area contributed by atoms with Gasteiger partial charge in [-0.25, -0.2) is 5.06 Å². The van der Waals surface area contributed by atoms with Crippen LogP contribution in [0.3, 0.4) is 0 Å². The molecule has 0 fully saturated rings. The van der Waals surface area contributed by atoms with E-state index in [0.717, 1.165) is 11.3 Å². The number of carbonyl (C=O) groups is 1. The molecule has 0 aliphatic carbocycles. The van der Waals surface area contributed by atoms with Gasteiger partial charge in [-0.2, -0.15) is 18.3 Å². The first-order valence-electron chi connectivity index (χ1n) is 4.68. The first-order chi connectivity index (χ1) is 8.35. The number of alkyl halides is 3. The lowest BCUT2D eigenvalue weighted by molar-refractivity contribution is -0.154. The number of nitrogens with zero attached hydrogens (tertiary/aromatic N) is 3. The SMILES string of the molecule is CON(C)C(=O)c1ccnnc1OCC(F)(F)F. The van der Waals surface area contributed by atoms with Gasteiger partial charge in [0.15, 0.2) is 6.61 Å². The second kappa shape index (κ2) is 5.63. The summed E-state index contributed by atoms with van der Waals surface area (Å²) in [5.41, 5.74) is -0.168. The molecule has 0 saturated heterocycles. The van der Waals surface area contributed by atoms with Crippen LogP contribution in [0, 0.1) is 0 Å². The fourth-order valence-corrected chi connectivity index (χ4v) is 0.991. The van der Waals surface area contributed by atoms with Crippen LogP contribution in [0.5, 0.6) is 5.88 Å². The lowest BCUT2D eigenvalue weighted by Crippen LogP contribution is -2.27. The molecule has 0 aromatic carbocycles. The topological polar surface area (TPSA) is 64.5 Å². The first kappa shape index (κ1) is 14.2. The predicted molar refractivity (Wildman–Crippen MR) is 52.7 cm³/mol. The van der Waals surface area contributed by atoms with E-state index in [4.69, 9.17) is 0 Å². The van der Waals surface area contributed by atoms with Gasteiger partial charge < -0.3 is 4.74 Å². The Balaban J connectivity index is 2.89. The van der Waals surface area contributed by atoms with Crippen LogP contribution in [-0.4, -0.2) is 48.1 Å². The van der Waals surface area contributed by atoms with Crippen molar-refractivity contribution in [3.05, 3.63) is 17.8 Å². The van der Waals surface area contributed by atoms with Crippen LogP contribution >= 0.6 is 0 Å². The summed E-state index contributed by atoms with van der Waals surface area (Å²) in [6.07, 6.45) is -3.36.